The summed E-state index contributed by atoms with van der Waals surface area (Å²) in [7, 11) is 0. The van der Waals surface area contributed by atoms with Gasteiger partial charge in [-0.1, -0.05) is 52.0 Å². The second-order valence-electron chi connectivity index (χ2n) is 5.99. The number of hydrogen-bond donors (Lipinski definition) is 1. The Hall–Kier alpha value is -1.54. The van der Waals surface area contributed by atoms with E-state index in [0.717, 1.165) is 30.9 Å². The third-order valence-electron chi connectivity index (χ3n) is 3.68. The number of rotatable bonds is 7. The van der Waals surface area contributed by atoms with Crippen LogP contribution in [0.1, 0.15) is 56.4 Å². The van der Waals surface area contributed by atoms with Crippen molar-refractivity contribution in [3.8, 4) is 0 Å². The van der Waals surface area contributed by atoms with E-state index in [-0.39, 0.29) is 6.04 Å². The van der Waals surface area contributed by atoms with Gasteiger partial charge in [-0.05, 0) is 42.1 Å². The maximum absolute atomic E-state index is 5.93. The van der Waals surface area contributed by atoms with Crippen LogP contribution in [-0.2, 0) is 12.8 Å². The molecule has 0 saturated heterocycles. The van der Waals surface area contributed by atoms with Crippen molar-refractivity contribution >= 4 is 0 Å². The highest BCUT2D eigenvalue weighted by Gasteiger charge is 2.16. The summed E-state index contributed by atoms with van der Waals surface area (Å²) in [6, 6.07) is 13.2. The average molecular weight is 285 g/mol. The molecule has 2 aromatic rings. The maximum Gasteiger partial charge on any atom is 0.125 e. The molecule has 2 nitrogen and oxygen atoms in total. The van der Waals surface area contributed by atoms with Crippen molar-refractivity contribution in [2.75, 3.05) is 6.54 Å². The zero-order valence-corrected chi connectivity index (χ0v) is 13.6. The molecular formula is C19H27NO. The summed E-state index contributed by atoms with van der Waals surface area (Å²) in [5.74, 6) is 2.74. The molecule has 2 heteroatoms. The van der Waals surface area contributed by atoms with Gasteiger partial charge in [-0.15, -0.1) is 0 Å². The van der Waals surface area contributed by atoms with Gasteiger partial charge in [0, 0.05) is 6.42 Å². The van der Waals surface area contributed by atoms with Crippen molar-refractivity contribution in [1.82, 2.24) is 5.32 Å². The molecule has 2 rings (SSSR count). The molecule has 1 unspecified atom stereocenters. The van der Waals surface area contributed by atoms with Crippen LogP contribution in [0.25, 0.3) is 0 Å². The first-order valence-electron chi connectivity index (χ1n) is 8.04. The maximum atomic E-state index is 5.93. The molecule has 1 N–H and O–H groups in total. The molecule has 1 atom stereocenters. The summed E-state index contributed by atoms with van der Waals surface area (Å²) in [4.78, 5) is 0. The molecule has 1 aromatic heterocycles. The third kappa shape index (κ3) is 4.21. The van der Waals surface area contributed by atoms with Crippen LogP contribution in [0.15, 0.2) is 40.8 Å². The SMILES string of the molecule is CCNC(c1ccc(CC(C)C)cc1)c1ccc(CC)o1. The Morgan fingerprint density at radius 2 is 1.71 bits per heavy atom. The first-order valence-corrected chi connectivity index (χ1v) is 8.04. The Bertz CT molecular complexity index is 539. The van der Waals surface area contributed by atoms with Crippen LogP contribution < -0.4 is 5.32 Å². The zero-order chi connectivity index (χ0) is 15.2. The fourth-order valence-electron chi connectivity index (χ4n) is 2.64. The van der Waals surface area contributed by atoms with Crippen molar-refractivity contribution in [3.63, 3.8) is 0 Å². The highest BCUT2D eigenvalue weighted by Crippen LogP contribution is 2.25. The largest absolute Gasteiger partial charge is 0.464 e. The predicted molar refractivity (Wildman–Crippen MR) is 88.6 cm³/mol. The number of nitrogens with one attached hydrogen (secondary N) is 1. The molecule has 1 aromatic carbocycles. The van der Waals surface area contributed by atoms with Gasteiger partial charge in [0.1, 0.15) is 11.5 Å². The number of furan rings is 1. The Labute approximate surface area is 128 Å². The van der Waals surface area contributed by atoms with E-state index < -0.39 is 0 Å². The van der Waals surface area contributed by atoms with Gasteiger partial charge >= 0.3 is 0 Å². The number of benzene rings is 1. The van der Waals surface area contributed by atoms with Crippen LogP contribution in [-0.4, -0.2) is 6.54 Å². The molecule has 1 heterocycles. The van der Waals surface area contributed by atoms with Crippen LogP contribution in [0.2, 0.25) is 0 Å². The standard InChI is InChI=1S/C19H27NO/c1-5-17-11-12-18(21-17)19(20-6-2)16-9-7-15(8-10-16)13-14(3)4/h7-12,14,19-20H,5-6,13H2,1-4H3. The number of hydrogen-bond acceptors (Lipinski definition) is 2. The van der Waals surface area contributed by atoms with Crippen LogP contribution >= 0.6 is 0 Å². The highest BCUT2D eigenvalue weighted by atomic mass is 16.3. The second-order valence-corrected chi connectivity index (χ2v) is 5.99. The lowest BCUT2D eigenvalue weighted by molar-refractivity contribution is 0.426. The lowest BCUT2D eigenvalue weighted by Gasteiger charge is -2.17. The van der Waals surface area contributed by atoms with Crippen molar-refractivity contribution in [2.24, 2.45) is 5.92 Å². The first kappa shape index (κ1) is 15.8. The lowest BCUT2D eigenvalue weighted by Crippen LogP contribution is -2.21. The minimum atomic E-state index is 0.142. The summed E-state index contributed by atoms with van der Waals surface area (Å²) in [5.41, 5.74) is 2.67. The zero-order valence-electron chi connectivity index (χ0n) is 13.6. The number of aryl methyl sites for hydroxylation is 1. The Morgan fingerprint density at radius 3 is 2.24 bits per heavy atom. The van der Waals surface area contributed by atoms with Gasteiger partial charge < -0.3 is 9.73 Å². The molecule has 0 fully saturated rings. The fraction of sp³-hybridized carbons (Fsp3) is 0.474. The summed E-state index contributed by atoms with van der Waals surface area (Å²) in [5, 5.41) is 3.52. The molecule has 0 bridgehead atoms. The smallest absolute Gasteiger partial charge is 0.125 e. The van der Waals surface area contributed by atoms with E-state index in [1.54, 1.807) is 0 Å². The fourth-order valence-corrected chi connectivity index (χ4v) is 2.64. The summed E-state index contributed by atoms with van der Waals surface area (Å²) in [6.45, 7) is 9.67. The van der Waals surface area contributed by atoms with Crippen molar-refractivity contribution in [1.29, 1.82) is 0 Å². The van der Waals surface area contributed by atoms with Crippen LogP contribution in [0.4, 0.5) is 0 Å². The topological polar surface area (TPSA) is 25.2 Å². The van der Waals surface area contributed by atoms with E-state index >= 15 is 0 Å². The molecule has 0 saturated carbocycles. The van der Waals surface area contributed by atoms with Crippen molar-refractivity contribution < 1.29 is 4.42 Å². The van der Waals surface area contributed by atoms with Crippen molar-refractivity contribution in [2.45, 2.75) is 46.6 Å². The van der Waals surface area contributed by atoms with Crippen LogP contribution in [0.5, 0.6) is 0 Å². The lowest BCUT2D eigenvalue weighted by atomic mass is 9.98. The quantitative estimate of drug-likeness (QED) is 0.795. The molecule has 0 radical (unpaired) electrons. The van der Waals surface area contributed by atoms with Gasteiger partial charge in [0.05, 0.1) is 6.04 Å². The van der Waals surface area contributed by atoms with Gasteiger partial charge in [0.15, 0.2) is 0 Å². The van der Waals surface area contributed by atoms with E-state index in [4.69, 9.17) is 4.42 Å². The molecule has 0 aliphatic heterocycles. The van der Waals surface area contributed by atoms with Gasteiger partial charge in [-0.2, -0.15) is 0 Å². The van der Waals surface area contributed by atoms with E-state index in [2.05, 4.69) is 69.4 Å². The third-order valence-corrected chi connectivity index (χ3v) is 3.68. The van der Waals surface area contributed by atoms with Gasteiger partial charge in [-0.3, -0.25) is 0 Å². The summed E-state index contributed by atoms with van der Waals surface area (Å²) in [6.07, 6.45) is 2.07. The molecule has 0 amide bonds. The van der Waals surface area contributed by atoms with E-state index in [1.807, 2.05) is 0 Å². The average Bonchev–Trinajstić information content (AvgIpc) is 2.94. The van der Waals surface area contributed by atoms with Gasteiger partial charge in [0.2, 0.25) is 0 Å². The minimum absolute atomic E-state index is 0.142. The summed E-state index contributed by atoms with van der Waals surface area (Å²) >= 11 is 0. The molecule has 0 spiro atoms. The first-order chi connectivity index (χ1) is 10.1. The van der Waals surface area contributed by atoms with E-state index in [1.165, 1.54) is 11.1 Å². The Balaban J connectivity index is 2.21. The molecule has 21 heavy (non-hydrogen) atoms. The minimum Gasteiger partial charge on any atom is -0.464 e. The van der Waals surface area contributed by atoms with Gasteiger partial charge in [0.25, 0.3) is 0 Å². The second kappa shape index (κ2) is 7.46. The Kier molecular flexibility index (Phi) is 5.63. The molecular weight excluding hydrogens is 258 g/mol. The highest BCUT2D eigenvalue weighted by molar-refractivity contribution is 5.30. The molecule has 0 aliphatic rings. The monoisotopic (exact) mass is 285 g/mol. The summed E-state index contributed by atoms with van der Waals surface area (Å²) < 4.78 is 5.93. The molecule has 0 aliphatic carbocycles. The van der Waals surface area contributed by atoms with Crippen molar-refractivity contribution in [3.05, 3.63) is 59.0 Å². The predicted octanol–water partition coefficient (Wildman–Crippen LogP) is 4.74. The van der Waals surface area contributed by atoms with E-state index in [0.29, 0.717) is 5.92 Å². The van der Waals surface area contributed by atoms with Crippen LogP contribution in [0, 0.1) is 5.92 Å². The van der Waals surface area contributed by atoms with Crippen LogP contribution in [0.3, 0.4) is 0 Å². The normalized spacial score (nSPS) is 12.8. The van der Waals surface area contributed by atoms with E-state index in [9.17, 15) is 0 Å². The van der Waals surface area contributed by atoms with Gasteiger partial charge in [-0.25, -0.2) is 0 Å². The molecule has 114 valence electrons. The Morgan fingerprint density at radius 1 is 1.00 bits per heavy atom.